The molecule has 0 amide bonds. The molecule has 2 aliphatic carbocycles. The number of hydrogen-bond acceptors (Lipinski definition) is 4. The normalized spacial score (nSPS) is 41.4. The minimum atomic E-state index is -0.507. The second-order valence-electron chi connectivity index (χ2n) is 10.0. The van der Waals surface area contributed by atoms with Gasteiger partial charge in [-0.25, -0.2) is 0 Å². The lowest BCUT2D eigenvalue weighted by atomic mass is 9.63. The predicted molar refractivity (Wildman–Crippen MR) is 108 cm³/mol. The van der Waals surface area contributed by atoms with E-state index in [9.17, 15) is 5.11 Å². The first-order valence-electron chi connectivity index (χ1n) is 11.3. The minimum absolute atomic E-state index is 0.0955. The van der Waals surface area contributed by atoms with Gasteiger partial charge >= 0.3 is 0 Å². The first-order chi connectivity index (χ1) is 12.7. The Morgan fingerprint density at radius 3 is 2.48 bits per heavy atom. The van der Waals surface area contributed by atoms with E-state index in [2.05, 4.69) is 27.7 Å². The molecule has 0 radical (unpaired) electrons. The van der Waals surface area contributed by atoms with Crippen molar-refractivity contribution in [2.75, 3.05) is 6.61 Å². The van der Waals surface area contributed by atoms with Crippen molar-refractivity contribution in [3.63, 3.8) is 0 Å². The second-order valence-corrected chi connectivity index (χ2v) is 10.0. The number of aliphatic hydroxyl groups excluding tert-OH is 1. The maximum atomic E-state index is 10.5. The highest BCUT2D eigenvalue weighted by Gasteiger charge is 2.53. The fourth-order valence-electron chi connectivity index (χ4n) is 6.64. The zero-order valence-corrected chi connectivity index (χ0v) is 18.4. The second kappa shape index (κ2) is 7.93. The summed E-state index contributed by atoms with van der Waals surface area (Å²) in [7, 11) is 0. The highest BCUT2D eigenvalue weighted by Crippen LogP contribution is 2.57. The molecule has 2 saturated carbocycles. The summed E-state index contributed by atoms with van der Waals surface area (Å²) in [5.74, 6) is 0.506. The average Bonchev–Trinajstić information content (AvgIpc) is 3.09. The Balaban J connectivity index is 1.56. The third kappa shape index (κ3) is 3.97. The summed E-state index contributed by atoms with van der Waals surface area (Å²) in [6.45, 7) is 13.8. The van der Waals surface area contributed by atoms with E-state index >= 15 is 0 Å². The maximum absolute atomic E-state index is 10.5. The Hall–Kier alpha value is -0.160. The fraction of sp³-hybridized carbons (Fsp3) is 1.00. The average molecular weight is 383 g/mol. The van der Waals surface area contributed by atoms with E-state index in [-0.39, 0.29) is 29.3 Å². The van der Waals surface area contributed by atoms with E-state index in [4.69, 9.17) is 14.2 Å². The molecule has 0 aromatic heterocycles. The summed E-state index contributed by atoms with van der Waals surface area (Å²) in [5.41, 5.74) is 0.0522. The molecule has 6 atom stereocenters. The predicted octanol–water partition coefficient (Wildman–Crippen LogP) is 5.07. The highest BCUT2D eigenvalue weighted by molar-refractivity contribution is 5.02. The van der Waals surface area contributed by atoms with Crippen LogP contribution in [0.2, 0.25) is 0 Å². The molecule has 0 spiro atoms. The molecular formula is C23H42O4. The molecule has 27 heavy (non-hydrogen) atoms. The summed E-state index contributed by atoms with van der Waals surface area (Å²) in [5, 5.41) is 10.5. The van der Waals surface area contributed by atoms with Gasteiger partial charge < -0.3 is 19.3 Å². The topological polar surface area (TPSA) is 47.9 Å². The molecule has 0 unspecified atom stereocenters. The number of ether oxygens (including phenoxy) is 3. The number of aliphatic hydroxyl groups is 1. The zero-order valence-electron chi connectivity index (χ0n) is 18.4. The van der Waals surface area contributed by atoms with E-state index in [0.29, 0.717) is 18.4 Å². The molecule has 3 aliphatic rings. The van der Waals surface area contributed by atoms with Gasteiger partial charge in [0.25, 0.3) is 0 Å². The standard InChI is InChI=1S/C23H42O4/c1-7-23(8-2)20(26-21(4,5)27-23)13-15-25-16(3)17-11-12-18-19(24)10-9-14-22(17,18)6/h16-20,24H,7-15H2,1-6H3/t16-,17-,18+,19+,20+,22-/m1/s1. The lowest BCUT2D eigenvalue weighted by molar-refractivity contribution is -0.164. The van der Waals surface area contributed by atoms with Crippen molar-refractivity contribution in [3.05, 3.63) is 0 Å². The molecule has 1 heterocycles. The van der Waals surface area contributed by atoms with Crippen LogP contribution in [0.4, 0.5) is 0 Å². The molecule has 3 rings (SSSR count). The van der Waals surface area contributed by atoms with Crippen LogP contribution >= 0.6 is 0 Å². The van der Waals surface area contributed by atoms with Gasteiger partial charge in [0.2, 0.25) is 0 Å². The van der Waals surface area contributed by atoms with Crippen LogP contribution in [0.5, 0.6) is 0 Å². The van der Waals surface area contributed by atoms with Crippen molar-refractivity contribution in [1.82, 2.24) is 0 Å². The monoisotopic (exact) mass is 382 g/mol. The van der Waals surface area contributed by atoms with Crippen molar-refractivity contribution >= 4 is 0 Å². The van der Waals surface area contributed by atoms with Gasteiger partial charge in [-0.15, -0.1) is 0 Å². The van der Waals surface area contributed by atoms with E-state index in [0.717, 1.165) is 38.5 Å². The maximum Gasteiger partial charge on any atom is 0.164 e. The first-order valence-corrected chi connectivity index (χ1v) is 11.3. The van der Waals surface area contributed by atoms with Crippen molar-refractivity contribution in [3.8, 4) is 0 Å². The zero-order chi connectivity index (χ0) is 19.9. The van der Waals surface area contributed by atoms with Crippen LogP contribution in [0, 0.1) is 17.3 Å². The van der Waals surface area contributed by atoms with E-state index in [1.165, 1.54) is 12.8 Å². The van der Waals surface area contributed by atoms with Crippen LogP contribution in [-0.2, 0) is 14.2 Å². The van der Waals surface area contributed by atoms with E-state index < -0.39 is 5.79 Å². The smallest absolute Gasteiger partial charge is 0.164 e. The largest absolute Gasteiger partial charge is 0.393 e. The van der Waals surface area contributed by atoms with Gasteiger partial charge in [-0.1, -0.05) is 27.2 Å². The van der Waals surface area contributed by atoms with Gasteiger partial charge in [-0.05, 0) is 83.0 Å². The third-order valence-corrected chi connectivity index (χ3v) is 8.15. The van der Waals surface area contributed by atoms with E-state index in [1.54, 1.807) is 0 Å². The van der Waals surface area contributed by atoms with Gasteiger partial charge in [0, 0.05) is 6.61 Å². The molecule has 4 nitrogen and oxygen atoms in total. The Labute approximate surface area is 166 Å². The summed E-state index contributed by atoms with van der Waals surface area (Å²) in [6, 6.07) is 0. The van der Waals surface area contributed by atoms with Crippen molar-refractivity contribution < 1.29 is 19.3 Å². The number of rotatable bonds is 7. The minimum Gasteiger partial charge on any atom is -0.393 e. The molecule has 3 fully saturated rings. The molecule has 158 valence electrons. The highest BCUT2D eigenvalue weighted by atomic mass is 16.8. The summed E-state index contributed by atoms with van der Waals surface area (Å²) < 4.78 is 18.9. The van der Waals surface area contributed by atoms with Crippen LogP contribution in [0.3, 0.4) is 0 Å². The van der Waals surface area contributed by atoms with Gasteiger partial charge in [0.15, 0.2) is 5.79 Å². The Bertz CT molecular complexity index is 501. The summed E-state index contributed by atoms with van der Waals surface area (Å²) >= 11 is 0. The van der Waals surface area contributed by atoms with Crippen molar-refractivity contribution in [1.29, 1.82) is 0 Å². The summed E-state index contributed by atoms with van der Waals surface area (Å²) in [4.78, 5) is 0. The molecule has 4 heteroatoms. The number of fused-ring (bicyclic) bond motifs is 1. The Kier molecular flexibility index (Phi) is 6.33. The van der Waals surface area contributed by atoms with Crippen molar-refractivity contribution in [2.24, 2.45) is 17.3 Å². The molecule has 1 aliphatic heterocycles. The lowest BCUT2D eigenvalue weighted by Gasteiger charge is -2.45. The third-order valence-electron chi connectivity index (χ3n) is 8.15. The van der Waals surface area contributed by atoms with Gasteiger partial charge in [0.05, 0.1) is 23.9 Å². The lowest BCUT2D eigenvalue weighted by Crippen LogP contribution is -2.43. The van der Waals surface area contributed by atoms with Gasteiger partial charge in [-0.2, -0.15) is 0 Å². The molecule has 1 N–H and O–H groups in total. The number of hydrogen-bond donors (Lipinski definition) is 1. The van der Waals surface area contributed by atoms with Crippen LogP contribution < -0.4 is 0 Å². The van der Waals surface area contributed by atoms with Gasteiger partial charge in [0.1, 0.15) is 0 Å². The molecule has 1 saturated heterocycles. The van der Waals surface area contributed by atoms with E-state index in [1.807, 2.05) is 13.8 Å². The summed E-state index contributed by atoms with van der Waals surface area (Å²) in [6.07, 6.45) is 8.73. The fourth-order valence-corrected chi connectivity index (χ4v) is 6.64. The molecular weight excluding hydrogens is 340 g/mol. The van der Waals surface area contributed by atoms with Crippen LogP contribution in [0.25, 0.3) is 0 Å². The molecule has 0 aromatic carbocycles. The SMILES string of the molecule is CCC1(CC)OC(C)(C)O[C@H]1CCO[C@H](C)[C@H]1CC[C@H]2[C@@H](O)CCC[C@]12C. The molecule has 0 aromatic rings. The molecule has 0 bridgehead atoms. The Morgan fingerprint density at radius 1 is 1.11 bits per heavy atom. The van der Waals surface area contributed by atoms with Crippen molar-refractivity contribution in [2.45, 2.75) is 123 Å². The first kappa shape index (κ1) is 21.5. The Morgan fingerprint density at radius 2 is 1.81 bits per heavy atom. The van der Waals surface area contributed by atoms with Crippen LogP contribution in [-0.4, -0.2) is 41.4 Å². The van der Waals surface area contributed by atoms with Gasteiger partial charge in [-0.3, -0.25) is 0 Å². The van der Waals surface area contributed by atoms with Crippen LogP contribution in [0.1, 0.15) is 92.9 Å². The van der Waals surface area contributed by atoms with Crippen LogP contribution in [0.15, 0.2) is 0 Å². The quantitative estimate of drug-likeness (QED) is 0.668.